The van der Waals surface area contributed by atoms with Crippen molar-refractivity contribution in [1.29, 1.82) is 0 Å². The van der Waals surface area contributed by atoms with Crippen LogP contribution in [0.3, 0.4) is 0 Å². The minimum absolute atomic E-state index is 0.0180. The Bertz CT molecular complexity index is 536. The van der Waals surface area contributed by atoms with Crippen LogP contribution < -0.4 is 5.32 Å². The van der Waals surface area contributed by atoms with Gasteiger partial charge < -0.3 is 5.32 Å². The third-order valence-corrected chi connectivity index (χ3v) is 3.07. The Morgan fingerprint density at radius 1 is 1.42 bits per heavy atom. The third-order valence-electron chi connectivity index (χ3n) is 3.07. The highest BCUT2D eigenvalue weighted by molar-refractivity contribution is 5.76. The monoisotopic (exact) mass is 258 g/mol. The number of amides is 1. The molecule has 19 heavy (non-hydrogen) atoms. The number of nitrogens with zero attached hydrogens (tertiary/aromatic N) is 3. The molecule has 0 saturated heterocycles. The van der Waals surface area contributed by atoms with E-state index >= 15 is 0 Å². The molecular weight excluding hydrogens is 240 g/mol. The number of rotatable bonds is 5. The molecule has 0 saturated carbocycles. The number of aromatic nitrogens is 3. The van der Waals surface area contributed by atoms with Gasteiger partial charge in [0.05, 0.1) is 12.6 Å². The van der Waals surface area contributed by atoms with E-state index in [2.05, 4.69) is 15.4 Å². The van der Waals surface area contributed by atoms with Crippen molar-refractivity contribution in [3.63, 3.8) is 0 Å². The molecule has 5 nitrogen and oxygen atoms in total. The highest BCUT2D eigenvalue weighted by Crippen LogP contribution is 2.16. The van der Waals surface area contributed by atoms with Gasteiger partial charge in [0, 0.05) is 6.42 Å². The molecular formula is C14H18N4O. The molecule has 1 heterocycles. The fraction of sp³-hybridized carbons (Fsp3) is 0.357. The third kappa shape index (κ3) is 3.64. The smallest absolute Gasteiger partial charge is 0.222 e. The fourth-order valence-electron chi connectivity index (χ4n) is 2.03. The van der Waals surface area contributed by atoms with E-state index in [0.717, 1.165) is 5.56 Å². The Labute approximate surface area is 112 Å². The molecule has 1 amide bonds. The number of carbonyl (C=O) groups is 1. The predicted molar refractivity (Wildman–Crippen MR) is 72.4 cm³/mol. The summed E-state index contributed by atoms with van der Waals surface area (Å²) in [5.41, 5.74) is 2.34. The lowest BCUT2D eigenvalue weighted by Gasteiger charge is -2.16. The second-order valence-electron chi connectivity index (χ2n) is 4.55. The Morgan fingerprint density at radius 2 is 2.21 bits per heavy atom. The topological polar surface area (TPSA) is 59.8 Å². The zero-order valence-corrected chi connectivity index (χ0v) is 11.2. The summed E-state index contributed by atoms with van der Waals surface area (Å²) in [5.74, 6) is 0.0197. The number of hydrogen-bond donors (Lipinski definition) is 1. The number of nitrogens with one attached hydrogen (secondary N) is 1. The fourth-order valence-corrected chi connectivity index (χ4v) is 2.03. The maximum Gasteiger partial charge on any atom is 0.222 e. The summed E-state index contributed by atoms with van der Waals surface area (Å²) in [5, 5.41) is 6.96. The van der Waals surface area contributed by atoms with Crippen LogP contribution in [0.4, 0.5) is 0 Å². The van der Waals surface area contributed by atoms with Crippen molar-refractivity contribution in [3.05, 3.63) is 48.0 Å². The largest absolute Gasteiger partial charge is 0.350 e. The van der Waals surface area contributed by atoms with Crippen LogP contribution in [0, 0.1) is 6.92 Å². The summed E-state index contributed by atoms with van der Waals surface area (Å²) in [6.07, 6.45) is 3.48. The summed E-state index contributed by atoms with van der Waals surface area (Å²) >= 11 is 0. The Hall–Kier alpha value is -2.17. The predicted octanol–water partition coefficient (Wildman–Crippen LogP) is 1.85. The van der Waals surface area contributed by atoms with Crippen LogP contribution in [-0.4, -0.2) is 20.7 Å². The summed E-state index contributed by atoms with van der Waals surface area (Å²) in [7, 11) is 0. The van der Waals surface area contributed by atoms with Crippen LogP contribution >= 0.6 is 0 Å². The minimum atomic E-state index is 0.0180. The van der Waals surface area contributed by atoms with Crippen molar-refractivity contribution >= 4 is 5.91 Å². The molecule has 1 atom stereocenters. The molecule has 2 rings (SSSR count). The molecule has 1 unspecified atom stereocenters. The SMILES string of the molecule is Cc1ccccc1C(C)NC(=O)CCn1cncn1. The van der Waals surface area contributed by atoms with Crippen molar-refractivity contribution in [2.75, 3.05) is 0 Å². The molecule has 2 aromatic rings. The van der Waals surface area contributed by atoms with Crippen LogP contribution in [-0.2, 0) is 11.3 Å². The second kappa shape index (κ2) is 6.13. The van der Waals surface area contributed by atoms with Crippen molar-refractivity contribution in [3.8, 4) is 0 Å². The molecule has 0 fully saturated rings. The molecule has 0 aliphatic carbocycles. The Balaban J connectivity index is 1.87. The first kappa shape index (κ1) is 13.3. The van der Waals surface area contributed by atoms with E-state index in [4.69, 9.17) is 0 Å². The lowest BCUT2D eigenvalue weighted by Crippen LogP contribution is -2.27. The highest BCUT2D eigenvalue weighted by Gasteiger charge is 2.11. The van der Waals surface area contributed by atoms with Gasteiger partial charge in [0.15, 0.2) is 0 Å². The maximum absolute atomic E-state index is 11.9. The maximum atomic E-state index is 11.9. The van der Waals surface area contributed by atoms with Crippen molar-refractivity contribution in [1.82, 2.24) is 20.1 Å². The number of hydrogen-bond acceptors (Lipinski definition) is 3. The van der Waals surface area contributed by atoms with Crippen LogP contribution in [0.15, 0.2) is 36.9 Å². The normalized spacial score (nSPS) is 12.1. The highest BCUT2D eigenvalue weighted by atomic mass is 16.1. The number of benzene rings is 1. The quantitative estimate of drug-likeness (QED) is 0.890. The molecule has 0 bridgehead atoms. The van der Waals surface area contributed by atoms with Crippen LogP contribution in [0.25, 0.3) is 0 Å². The van der Waals surface area contributed by atoms with E-state index in [0.29, 0.717) is 13.0 Å². The Morgan fingerprint density at radius 3 is 2.89 bits per heavy atom. The van der Waals surface area contributed by atoms with E-state index in [9.17, 15) is 4.79 Å². The molecule has 1 N–H and O–H groups in total. The van der Waals surface area contributed by atoms with Crippen molar-refractivity contribution < 1.29 is 4.79 Å². The molecule has 1 aromatic heterocycles. The van der Waals surface area contributed by atoms with Gasteiger partial charge in [0.1, 0.15) is 12.7 Å². The van der Waals surface area contributed by atoms with Gasteiger partial charge in [-0.3, -0.25) is 9.48 Å². The molecule has 0 aliphatic heterocycles. The van der Waals surface area contributed by atoms with Crippen molar-refractivity contribution in [2.24, 2.45) is 0 Å². The number of aryl methyl sites for hydroxylation is 2. The lowest BCUT2D eigenvalue weighted by molar-refractivity contribution is -0.122. The summed E-state index contributed by atoms with van der Waals surface area (Å²) in [6, 6.07) is 8.09. The van der Waals surface area contributed by atoms with Crippen molar-refractivity contribution in [2.45, 2.75) is 32.9 Å². The molecule has 0 aliphatic rings. The molecule has 0 radical (unpaired) electrons. The first-order chi connectivity index (χ1) is 9.16. The standard InChI is InChI=1S/C14H18N4O/c1-11-5-3-4-6-13(11)12(2)17-14(19)7-8-18-10-15-9-16-18/h3-6,9-10,12H,7-8H2,1-2H3,(H,17,19). The molecule has 1 aromatic carbocycles. The van der Waals surface area contributed by atoms with Gasteiger partial charge in [0.2, 0.25) is 5.91 Å². The van der Waals surface area contributed by atoms with Gasteiger partial charge in [-0.05, 0) is 25.0 Å². The first-order valence-electron chi connectivity index (χ1n) is 6.34. The lowest BCUT2D eigenvalue weighted by atomic mass is 10.0. The van der Waals surface area contributed by atoms with E-state index in [1.165, 1.54) is 11.9 Å². The van der Waals surface area contributed by atoms with E-state index in [-0.39, 0.29) is 11.9 Å². The van der Waals surface area contributed by atoms with Gasteiger partial charge in [-0.1, -0.05) is 24.3 Å². The molecule has 5 heteroatoms. The van der Waals surface area contributed by atoms with Gasteiger partial charge in [-0.2, -0.15) is 5.10 Å². The average Bonchev–Trinajstić information content (AvgIpc) is 2.90. The number of carbonyl (C=O) groups excluding carboxylic acids is 1. The summed E-state index contributed by atoms with van der Waals surface area (Å²) in [4.78, 5) is 15.7. The first-order valence-corrected chi connectivity index (χ1v) is 6.34. The van der Waals surface area contributed by atoms with Gasteiger partial charge in [-0.25, -0.2) is 4.98 Å². The van der Waals surface area contributed by atoms with E-state index in [1.54, 1.807) is 11.0 Å². The zero-order valence-electron chi connectivity index (χ0n) is 11.2. The van der Waals surface area contributed by atoms with Gasteiger partial charge in [-0.15, -0.1) is 0 Å². The summed E-state index contributed by atoms with van der Waals surface area (Å²) in [6.45, 7) is 4.59. The average molecular weight is 258 g/mol. The molecule has 0 spiro atoms. The van der Waals surface area contributed by atoms with Gasteiger partial charge in [0.25, 0.3) is 0 Å². The zero-order chi connectivity index (χ0) is 13.7. The molecule has 100 valence electrons. The minimum Gasteiger partial charge on any atom is -0.350 e. The van der Waals surface area contributed by atoms with Gasteiger partial charge >= 0.3 is 0 Å². The van der Waals surface area contributed by atoms with E-state index in [1.807, 2.05) is 38.1 Å². The van der Waals surface area contributed by atoms with Crippen LogP contribution in [0.5, 0.6) is 0 Å². The Kier molecular flexibility index (Phi) is 4.28. The summed E-state index contributed by atoms with van der Waals surface area (Å²) < 4.78 is 1.65. The second-order valence-corrected chi connectivity index (χ2v) is 4.55. The van der Waals surface area contributed by atoms with Crippen LogP contribution in [0.1, 0.15) is 30.5 Å². The van der Waals surface area contributed by atoms with E-state index < -0.39 is 0 Å². The van der Waals surface area contributed by atoms with Crippen LogP contribution in [0.2, 0.25) is 0 Å².